The molecule has 0 aromatic rings. The second-order valence-electron chi connectivity index (χ2n) is 2.93. The quantitative estimate of drug-likeness (QED) is 0.515. The Morgan fingerprint density at radius 1 is 1.60 bits per heavy atom. The minimum atomic E-state index is 0.118. The molecule has 10 heavy (non-hydrogen) atoms. The molecule has 1 rings (SSSR count). The summed E-state index contributed by atoms with van der Waals surface area (Å²) in [5.74, 6) is 0.661. The van der Waals surface area contributed by atoms with E-state index in [0.29, 0.717) is 12.3 Å². The third kappa shape index (κ3) is 2.35. The van der Waals surface area contributed by atoms with E-state index in [9.17, 15) is 4.79 Å². The van der Waals surface area contributed by atoms with Crippen LogP contribution in [0.2, 0.25) is 0 Å². The smallest absolute Gasteiger partial charge is 0.234 e. The van der Waals surface area contributed by atoms with Gasteiger partial charge in [0, 0.05) is 13.0 Å². The predicted molar refractivity (Wildman–Crippen MR) is 39.2 cm³/mol. The van der Waals surface area contributed by atoms with E-state index in [2.05, 4.69) is 17.8 Å². The first-order chi connectivity index (χ1) is 4.79. The molecule has 0 radical (unpaired) electrons. The highest BCUT2D eigenvalue weighted by Gasteiger charge is 2.10. The normalized spacial score (nSPS) is 28.5. The van der Waals surface area contributed by atoms with Crippen molar-refractivity contribution in [1.82, 2.24) is 10.9 Å². The summed E-state index contributed by atoms with van der Waals surface area (Å²) < 4.78 is 0. The molecule has 0 bridgehead atoms. The van der Waals surface area contributed by atoms with Crippen molar-refractivity contribution in [1.29, 1.82) is 0 Å². The molecule has 0 aliphatic carbocycles. The van der Waals surface area contributed by atoms with Crippen molar-refractivity contribution >= 4 is 5.91 Å². The molecule has 3 heteroatoms. The zero-order valence-corrected chi connectivity index (χ0v) is 6.31. The lowest BCUT2D eigenvalue weighted by molar-refractivity contribution is -0.123. The van der Waals surface area contributed by atoms with E-state index in [0.717, 1.165) is 19.4 Å². The van der Waals surface area contributed by atoms with E-state index >= 15 is 0 Å². The molecule has 1 saturated heterocycles. The van der Waals surface area contributed by atoms with Crippen LogP contribution in [0.25, 0.3) is 0 Å². The van der Waals surface area contributed by atoms with E-state index in [1.165, 1.54) is 0 Å². The van der Waals surface area contributed by atoms with Crippen LogP contribution < -0.4 is 10.9 Å². The van der Waals surface area contributed by atoms with Crippen LogP contribution >= 0.6 is 0 Å². The summed E-state index contributed by atoms with van der Waals surface area (Å²) in [6.07, 6.45) is 2.97. The Morgan fingerprint density at radius 2 is 2.40 bits per heavy atom. The first-order valence-electron chi connectivity index (χ1n) is 3.81. The van der Waals surface area contributed by atoms with Gasteiger partial charge in [-0.05, 0) is 18.8 Å². The molecule has 1 fully saturated rings. The zero-order valence-electron chi connectivity index (χ0n) is 6.31. The highest BCUT2D eigenvalue weighted by atomic mass is 16.2. The van der Waals surface area contributed by atoms with E-state index in [1.54, 1.807) is 0 Å². The largest absolute Gasteiger partial charge is 0.292 e. The SMILES string of the molecule is C[C@@H]1CCCNNC(=O)C1. The lowest BCUT2D eigenvalue weighted by atomic mass is 10.0. The van der Waals surface area contributed by atoms with Gasteiger partial charge in [0.2, 0.25) is 5.91 Å². The Kier molecular flexibility index (Phi) is 2.68. The molecule has 58 valence electrons. The summed E-state index contributed by atoms with van der Waals surface area (Å²) in [7, 11) is 0. The average molecular weight is 142 g/mol. The van der Waals surface area contributed by atoms with Gasteiger partial charge in [-0.25, -0.2) is 5.43 Å². The van der Waals surface area contributed by atoms with Crippen LogP contribution in [-0.4, -0.2) is 12.5 Å². The number of hydrogen-bond donors (Lipinski definition) is 2. The average Bonchev–Trinajstić information content (AvgIpc) is 1.83. The number of nitrogens with one attached hydrogen (secondary N) is 2. The molecule has 0 aromatic heterocycles. The number of hydrogen-bond acceptors (Lipinski definition) is 2. The van der Waals surface area contributed by atoms with E-state index in [4.69, 9.17) is 0 Å². The topological polar surface area (TPSA) is 41.1 Å². The molecular formula is C7H14N2O. The van der Waals surface area contributed by atoms with Crippen molar-refractivity contribution in [2.45, 2.75) is 26.2 Å². The summed E-state index contributed by atoms with van der Waals surface area (Å²) in [4.78, 5) is 10.9. The molecule has 1 heterocycles. The molecular weight excluding hydrogens is 128 g/mol. The molecule has 1 atom stereocenters. The third-order valence-corrected chi connectivity index (χ3v) is 1.76. The molecule has 1 aliphatic rings. The van der Waals surface area contributed by atoms with Crippen LogP contribution in [0.1, 0.15) is 26.2 Å². The van der Waals surface area contributed by atoms with Crippen molar-refractivity contribution in [3.05, 3.63) is 0 Å². The van der Waals surface area contributed by atoms with Crippen molar-refractivity contribution < 1.29 is 4.79 Å². The number of hydrazine groups is 1. The Bertz CT molecular complexity index is 125. The van der Waals surface area contributed by atoms with Crippen LogP contribution in [-0.2, 0) is 4.79 Å². The molecule has 2 N–H and O–H groups in total. The molecule has 0 spiro atoms. The van der Waals surface area contributed by atoms with Gasteiger partial charge in [-0.3, -0.25) is 10.2 Å². The van der Waals surface area contributed by atoms with Crippen LogP contribution in [0.15, 0.2) is 0 Å². The van der Waals surface area contributed by atoms with Crippen molar-refractivity contribution in [3.8, 4) is 0 Å². The molecule has 1 amide bonds. The molecule has 0 saturated carbocycles. The molecule has 3 nitrogen and oxygen atoms in total. The van der Waals surface area contributed by atoms with Crippen LogP contribution in [0, 0.1) is 5.92 Å². The van der Waals surface area contributed by atoms with E-state index in [1.807, 2.05) is 0 Å². The fourth-order valence-corrected chi connectivity index (χ4v) is 1.17. The first kappa shape index (κ1) is 7.54. The summed E-state index contributed by atoms with van der Waals surface area (Å²) in [5, 5.41) is 0. The standard InChI is InChI=1S/C7H14N2O/c1-6-3-2-4-8-9-7(10)5-6/h6,8H,2-5H2,1H3,(H,9,10)/t6-/m1/s1. The Labute approximate surface area is 61.2 Å². The van der Waals surface area contributed by atoms with Crippen LogP contribution in [0.4, 0.5) is 0 Å². The second kappa shape index (κ2) is 3.56. The van der Waals surface area contributed by atoms with E-state index in [-0.39, 0.29) is 5.91 Å². The van der Waals surface area contributed by atoms with Gasteiger partial charge in [-0.15, -0.1) is 0 Å². The Hall–Kier alpha value is -0.570. The van der Waals surface area contributed by atoms with Gasteiger partial charge >= 0.3 is 0 Å². The maximum Gasteiger partial charge on any atom is 0.234 e. The zero-order chi connectivity index (χ0) is 7.40. The number of rotatable bonds is 0. The van der Waals surface area contributed by atoms with Gasteiger partial charge in [0.1, 0.15) is 0 Å². The minimum absolute atomic E-state index is 0.118. The Morgan fingerprint density at radius 3 is 3.20 bits per heavy atom. The van der Waals surface area contributed by atoms with Crippen molar-refractivity contribution in [2.75, 3.05) is 6.54 Å². The number of carbonyl (C=O) groups excluding carboxylic acids is 1. The minimum Gasteiger partial charge on any atom is -0.292 e. The highest BCUT2D eigenvalue weighted by molar-refractivity contribution is 5.75. The van der Waals surface area contributed by atoms with Gasteiger partial charge in [-0.2, -0.15) is 0 Å². The van der Waals surface area contributed by atoms with Gasteiger partial charge in [0.25, 0.3) is 0 Å². The third-order valence-electron chi connectivity index (χ3n) is 1.76. The van der Waals surface area contributed by atoms with Gasteiger partial charge in [0.15, 0.2) is 0 Å². The molecule has 0 aromatic carbocycles. The number of carbonyl (C=O) groups is 1. The predicted octanol–water partition coefficient (Wildman–Crippen LogP) is 0.427. The van der Waals surface area contributed by atoms with Crippen molar-refractivity contribution in [3.63, 3.8) is 0 Å². The lowest BCUT2D eigenvalue weighted by Crippen LogP contribution is -2.40. The van der Waals surface area contributed by atoms with Crippen molar-refractivity contribution in [2.24, 2.45) is 5.92 Å². The summed E-state index contributed by atoms with van der Waals surface area (Å²) >= 11 is 0. The van der Waals surface area contributed by atoms with Gasteiger partial charge < -0.3 is 0 Å². The molecule has 1 aliphatic heterocycles. The fourth-order valence-electron chi connectivity index (χ4n) is 1.17. The fraction of sp³-hybridized carbons (Fsp3) is 0.857. The Balaban J connectivity index is 2.32. The van der Waals surface area contributed by atoms with Gasteiger partial charge in [-0.1, -0.05) is 6.92 Å². The van der Waals surface area contributed by atoms with Crippen LogP contribution in [0.5, 0.6) is 0 Å². The lowest BCUT2D eigenvalue weighted by Gasteiger charge is -2.15. The van der Waals surface area contributed by atoms with Gasteiger partial charge in [0.05, 0.1) is 0 Å². The maximum absolute atomic E-state index is 10.9. The van der Waals surface area contributed by atoms with E-state index < -0.39 is 0 Å². The first-order valence-corrected chi connectivity index (χ1v) is 3.81. The van der Waals surface area contributed by atoms with Crippen LogP contribution in [0.3, 0.4) is 0 Å². The highest BCUT2D eigenvalue weighted by Crippen LogP contribution is 2.10. The molecule has 0 unspecified atom stereocenters. The summed E-state index contributed by atoms with van der Waals surface area (Å²) in [5.41, 5.74) is 5.48. The maximum atomic E-state index is 10.9. The monoisotopic (exact) mass is 142 g/mol. The second-order valence-corrected chi connectivity index (χ2v) is 2.93. The summed E-state index contributed by atoms with van der Waals surface area (Å²) in [6.45, 7) is 3.01. The number of amides is 1. The summed E-state index contributed by atoms with van der Waals surface area (Å²) in [6, 6.07) is 0.